The number of nitrogens with one attached hydrogen (secondary N) is 1. The molecule has 2 aromatic rings. The van der Waals surface area contributed by atoms with Crippen LogP contribution < -0.4 is 10.1 Å². The number of para-hydroxylation sites is 1. The van der Waals surface area contributed by atoms with Gasteiger partial charge in [0.05, 0.1) is 25.3 Å². The van der Waals surface area contributed by atoms with E-state index in [1.54, 1.807) is 7.11 Å². The standard InChI is InChI=1S/C16H20N4O4/c1-16(2,12-6-4-5-7-13(12)24-3)15(23)17-8-11-9-20(19-18-11)10-14(21)22/h4-7,9H,8,10H2,1-3H3,(H,17,23)(H,21,22). The first-order valence-electron chi connectivity index (χ1n) is 7.37. The number of nitrogens with zero attached hydrogens (tertiary/aromatic N) is 3. The molecular weight excluding hydrogens is 312 g/mol. The van der Waals surface area contributed by atoms with Crippen LogP contribution in [0, 0.1) is 0 Å². The van der Waals surface area contributed by atoms with Gasteiger partial charge in [-0.25, -0.2) is 4.68 Å². The van der Waals surface area contributed by atoms with E-state index in [2.05, 4.69) is 15.6 Å². The van der Waals surface area contributed by atoms with Crippen LogP contribution in [0.5, 0.6) is 5.75 Å². The molecule has 0 aliphatic heterocycles. The van der Waals surface area contributed by atoms with Crippen LogP contribution >= 0.6 is 0 Å². The van der Waals surface area contributed by atoms with Crippen molar-refractivity contribution in [3.05, 3.63) is 41.7 Å². The maximum atomic E-state index is 12.6. The molecule has 1 aromatic heterocycles. The lowest BCUT2D eigenvalue weighted by Crippen LogP contribution is -2.40. The summed E-state index contributed by atoms with van der Waals surface area (Å²) in [5.41, 5.74) is 0.462. The van der Waals surface area contributed by atoms with Crippen molar-refractivity contribution in [3.63, 3.8) is 0 Å². The largest absolute Gasteiger partial charge is 0.496 e. The van der Waals surface area contributed by atoms with Crippen LogP contribution in [0.3, 0.4) is 0 Å². The zero-order valence-electron chi connectivity index (χ0n) is 13.8. The van der Waals surface area contributed by atoms with E-state index in [0.717, 1.165) is 5.56 Å². The summed E-state index contributed by atoms with van der Waals surface area (Å²) < 4.78 is 6.53. The van der Waals surface area contributed by atoms with Crippen LogP contribution in [0.25, 0.3) is 0 Å². The maximum absolute atomic E-state index is 12.6. The minimum atomic E-state index is -1.01. The molecule has 0 aliphatic rings. The number of carbonyl (C=O) groups is 2. The second-order valence-electron chi connectivity index (χ2n) is 5.81. The molecule has 128 valence electrons. The highest BCUT2D eigenvalue weighted by Gasteiger charge is 2.32. The fraction of sp³-hybridized carbons (Fsp3) is 0.375. The van der Waals surface area contributed by atoms with Gasteiger partial charge in [-0.15, -0.1) is 5.10 Å². The third kappa shape index (κ3) is 3.89. The summed E-state index contributed by atoms with van der Waals surface area (Å²) in [7, 11) is 1.56. The Bertz CT molecular complexity index is 739. The quantitative estimate of drug-likeness (QED) is 0.782. The van der Waals surface area contributed by atoms with Gasteiger partial charge in [0.25, 0.3) is 0 Å². The number of amides is 1. The average molecular weight is 332 g/mol. The number of hydrogen-bond acceptors (Lipinski definition) is 5. The number of hydrogen-bond donors (Lipinski definition) is 2. The number of carboxylic acid groups (broad SMARTS) is 1. The number of aromatic nitrogens is 3. The number of methoxy groups -OCH3 is 1. The molecule has 0 atom stereocenters. The van der Waals surface area contributed by atoms with E-state index >= 15 is 0 Å². The van der Waals surface area contributed by atoms with Gasteiger partial charge in [0, 0.05) is 5.56 Å². The van der Waals surface area contributed by atoms with Gasteiger partial charge >= 0.3 is 5.97 Å². The van der Waals surface area contributed by atoms with Crippen LogP contribution in [0.4, 0.5) is 0 Å². The lowest BCUT2D eigenvalue weighted by atomic mass is 9.83. The highest BCUT2D eigenvalue weighted by molar-refractivity contribution is 5.88. The van der Waals surface area contributed by atoms with Crippen molar-refractivity contribution in [3.8, 4) is 5.75 Å². The van der Waals surface area contributed by atoms with Crippen LogP contribution in [0.15, 0.2) is 30.5 Å². The molecule has 0 spiro atoms. The summed E-state index contributed by atoms with van der Waals surface area (Å²) >= 11 is 0. The van der Waals surface area contributed by atoms with Gasteiger partial charge in [-0.1, -0.05) is 23.4 Å². The smallest absolute Gasteiger partial charge is 0.325 e. The monoisotopic (exact) mass is 332 g/mol. The van der Waals surface area contributed by atoms with Gasteiger partial charge in [-0.3, -0.25) is 9.59 Å². The Hall–Kier alpha value is -2.90. The van der Waals surface area contributed by atoms with Gasteiger partial charge in [-0.05, 0) is 19.9 Å². The SMILES string of the molecule is COc1ccccc1C(C)(C)C(=O)NCc1cn(CC(=O)O)nn1. The molecule has 8 heteroatoms. The molecule has 0 bridgehead atoms. The fourth-order valence-electron chi connectivity index (χ4n) is 2.31. The van der Waals surface area contributed by atoms with Crippen molar-refractivity contribution in [1.82, 2.24) is 20.3 Å². The predicted octanol–water partition coefficient (Wildman–Crippen LogP) is 0.965. The number of carboxylic acids is 1. The van der Waals surface area contributed by atoms with E-state index < -0.39 is 11.4 Å². The first-order chi connectivity index (χ1) is 11.3. The van der Waals surface area contributed by atoms with Crippen molar-refractivity contribution in [2.45, 2.75) is 32.4 Å². The van der Waals surface area contributed by atoms with Crippen molar-refractivity contribution in [2.75, 3.05) is 7.11 Å². The molecule has 0 saturated carbocycles. The summed E-state index contributed by atoms with van der Waals surface area (Å²) in [6.45, 7) is 3.51. The van der Waals surface area contributed by atoms with Crippen LogP contribution in [0.2, 0.25) is 0 Å². The fourth-order valence-corrected chi connectivity index (χ4v) is 2.31. The Balaban J connectivity index is 2.05. The summed E-state index contributed by atoms with van der Waals surface area (Å²) in [5, 5.41) is 19.0. The van der Waals surface area contributed by atoms with E-state index in [9.17, 15) is 9.59 Å². The minimum Gasteiger partial charge on any atom is -0.496 e. The zero-order valence-corrected chi connectivity index (χ0v) is 13.8. The van der Waals surface area contributed by atoms with Crippen LogP contribution in [-0.2, 0) is 28.1 Å². The van der Waals surface area contributed by atoms with E-state index in [1.165, 1.54) is 10.9 Å². The molecular formula is C16H20N4O4. The number of aliphatic carboxylic acids is 1. The molecule has 1 heterocycles. The maximum Gasteiger partial charge on any atom is 0.325 e. The normalized spacial score (nSPS) is 11.1. The van der Waals surface area contributed by atoms with Gasteiger partial charge in [0.2, 0.25) is 5.91 Å². The Morgan fingerprint density at radius 3 is 2.71 bits per heavy atom. The Kier molecular flexibility index (Phi) is 5.18. The van der Waals surface area contributed by atoms with E-state index in [-0.39, 0.29) is 19.0 Å². The highest BCUT2D eigenvalue weighted by atomic mass is 16.5. The van der Waals surface area contributed by atoms with Gasteiger partial charge in [-0.2, -0.15) is 0 Å². The topological polar surface area (TPSA) is 106 Å². The van der Waals surface area contributed by atoms with Crippen molar-refractivity contribution >= 4 is 11.9 Å². The number of rotatable bonds is 7. The Morgan fingerprint density at radius 2 is 2.04 bits per heavy atom. The number of ether oxygens (including phenoxy) is 1. The van der Waals surface area contributed by atoms with Crippen molar-refractivity contribution in [2.24, 2.45) is 0 Å². The molecule has 0 unspecified atom stereocenters. The Labute approximate surface area is 139 Å². The molecule has 1 amide bonds. The van der Waals surface area contributed by atoms with E-state index in [1.807, 2.05) is 38.1 Å². The molecule has 0 radical (unpaired) electrons. The van der Waals surface area contributed by atoms with Crippen molar-refractivity contribution < 1.29 is 19.4 Å². The molecule has 2 N–H and O–H groups in total. The molecule has 0 fully saturated rings. The molecule has 2 rings (SSSR count). The van der Waals surface area contributed by atoms with Crippen LogP contribution in [0.1, 0.15) is 25.1 Å². The first kappa shape index (κ1) is 17.5. The lowest BCUT2D eigenvalue weighted by Gasteiger charge is -2.25. The van der Waals surface area contributed by atoms with Gasteiger partial charge < -0.3 is 15.2 Å². The molecule has 8 nitrogen and oxygen atoms in total. The Morgan fingerprint density at radius 1 is 1.33 bits per heavy atom. The average Bonchev–Trinajstić information content (AvgIpc) is 2.99. The molecule has 1 aromatic carbocycles. The number of benzene rings is 1. The second kappa shape index (κ2) is 7.12. The highest BCUT2D eigenvalue weighted by Crippen LogP contribution is 2.31. The molecule has 0 aliphatic carbocycles. The third-order valence-corrected chi connectivity index (χ3v) is 3.66. The third-order valence-electron chi connectivity index (χ3n) is 3.66. The summed E-state index contributed by atoms with van der Waals surface area (Å²) in [6.07, 6.45) is 1.49. The van der Waals surface area contributed by atoms with Crippen LogP contribution in [-0.4, -0.2) is 39.1 Å². The molecule has 24 heavy (non-hydrogen) atoms. The van der Waals surface area contributed by atoms with Gasteiger partial charge in [0.1, 0.15) is 18.0 Å². The minimum absolute atomic E-state index is 0.164. The van der Waals surface area contributed by atoms with E-state index in [4.69, 9.17) is 9.84 Å². The summed E-state index contributed by atoms with van der Waals surface area (Å²) in [5.74, 6) is -0.558. The lowest BCUT2D eigenvalue weighted by molar-refractivity contribution is -0.138. The zero-order chi connectivity index (χ0) is 17.7. The predicted molar refractivity (Wildman–Crippen MR) is 85.5 cm³/mol. The van der Waals surface area contributed by atoms with E-state index in [0.29, 0.717) is 11.4 Å². The summed E-state index contributed by atoms with van der Waals surface area (Å²) in [4.78, 5) is 23.2. The van der Waals surface area contributed by atoms with Gasteiger partial charge in [0.15, 0.2) is 0 Å². The second-order valence-corrected chi connectivity index (χ2v) is 5.81. The van der Waals surface area contributed by atoms with Crippen molar-refractivity contribution in [1.29, 1.82) is 0 Å². The number of carbonyl (C=O) groups excluding carboxylic acids is 1. The molecule has 0 saturated heterocycles. The first-order valence-corrected chi connectivity index (χ1v) is 7.37. The summed E-state index contributed by atoms with van der Waals surface area (Å²) in [6, 6.07) is 7.35.